The number of benzene rings is 1. The molecule has 0 spiro atoms. The minimum absolute atomic E-state index is 0.671. The highest BCUT2D eigenvalue weighted by molar-refractivity contribution is 7.99. The van der Waals surface area contributed by atoms with Crippen LogP contribution in [0.4, 0.5) is 0 Å². The predicted octanol–water partition coefficient (Wildman–Crippen LogP) is 3.75. The van der Waals surface area contributed by atoms with Gasteiger partial charge in [0.25, 0.3) is 0 Å². The topological polar surface area (TPSA) is 43.6 Å². The summed E-state index contributed by atoms with van der Waals surface area (Å²) >= 11 is 7.37. The monoisotopic (exact) mass is 318 g/mol. The van der Waals surface area contributed by atoms with Crippen LogP contribution in [-0.2, 0) is 7.05 Å². The van der Waals surface area contributed by atoms with E-state index < -0.39 is 0 Å². The highest BCUT2D eigenvalue weighted by Crippen LogP contribution is 2.24. The molecule has 0 aliphatic carbocycles. The van der Waals surface area contributed by atoms with Gasteiger partial charge in [-0.15, -0.1) is 21.8 Å². The summed E-state index contributed by atoms with van der Waals surface area (Å²) in [5, 5.41) is 11.7. The van der Waals surface area contributed by atoms with Gasteiger partial charge in [0.1, 0.15) is 5.69 Å². The van der Waals surface area contributed by atoms with Crippen molar-refractivity contribution in [2.75, 3.05) is 11.6 Å². The third-order valence-corrected chi connectivity index (χ3v) is 4.58. The SMILES string of the molecule is Cn1c(SCCCCl)nnc1-c1cc2ccccc2cn1. The average molecular weight is 319 g/mol. The Balaban J connectivity index is 1.91. The number of thioether (sulfide) groups is 1. The molecular weight excluding hydrogens is 304 g/mol. The third kappa shape index (κ3) is 3.04. The van der Waals surface area contributed by atoms with Crippen LogP contribution >= 0.6 is 23.4 Å². The summed E-state index contributed by atoms with van der Waals surface area (Å²) in [6.07, 6.45) is 2.84. The van der Waals surface area contributed by atoms with Gasteiger partial charge in [0, 0.05) is 30.3 Å². The van der Waals surface area contributed by atoms with Gasteiger partial charge in [-0.2, -0.15) is 0 Å². The zero-order chi connectivity index (χ0) is 14.7. The smallest absolute Gasteiger partial charge is 0.191 e. The first-order valence-electron chi connectivity index (χ1n) is 6.73. The number of rotatable bonds is 5. The zero-order valence-corrected chi connectivity index (χ0v) is 13.2. The molecule has 6 heteroatoms. The van der Waals surface area contributed by atoms with Crippen molar-refractivity contribution in [1.29, 1.82) is 0 Å². The average Bonchev–Trinajstić information content (AvgIpc) is 2.88. The molecule has 0 saturated carbocycles. The fourth-order valence-electron chi connectivity index (χ4n) is 2.09. The van der Waals surface area contributed by atoms with Crippen molar-refractivity contribution in [3.63, 3.8) is 0 Å². The molecule has 21 heavy (non-hydrogen) atoms. The predicted molar refractivity (Wildman–Crippen MR) is 87.8 cm³/mol. The van der Waals surface area contributed by atoms with Crippen LogP contribution in [0.2, 0.25) is 0 Å². The molecule has 1 aromatic carbocycles. The summed E-state index contributed by atoms with van der Waals surface area (Å²) in [6.45, 7) is 0. The zero-order valence-electron chi connectivity index (χ0n) is 11.7. The van der Waals surface area contributed by atoms with E-state index in [0.29, 0.717) is 5.88 Å². The number of pyridine rings is 1. The molecule has 2 heterocycles. The number of hydrogen-bond donors (Lipinski definition) is 0. The van der Waals surface area contributed by atoms with Gasteiger partial charge >= 0.3 is 0 Å². The summed E-state index contributed by atoms with van der Waals surface area (Å²) in [6, 6.07) is 10.2. The summed E-state index contributed by atoms with van der Waals surface area (Å²) in [7, 11) is 1.97. The lowest BCUT2D eigenvalue weighted by molar-refractivity contribution is 0.791. The lowest BCUT2D eigenvalue weighted by Gasteiger charge is -2.04. The summed E-state index contributed by atoms with van der Waals surface area (Å²) in [4.78, 5) is 4.49. The Morgan fingerprint density at radius 3 is 2.81 bits per heavy atom. The Hall–Kier alpha value is -1.59. The summed E-state index contributed by atoms with van der Waals surface area (Å²) in [5.74, 6) is 2.40. The molecular formula is C15H15ClN4S. The van der Waals surface area contributed by atoms with Crippen LogP contribution in [0.1, 0.15) is 6.42 Å². The molecule has 0 N–H and O–H groups in total. The minimum atomic E-state index is 0.671. The van der Waals surface area contributed by atoms with E-state index in [9.17, 15) is 0 Å². The van der Waals surface area contributed by atoms with Crippen LogP contribution in [-0.4, -0.2) is 31.4 Å². The quantitative estimate of drug-likeness (QED) is 0.408. The first kappa shape index (κ1) is 14.4. The van der Waals surface area contributed by atoms with Crippen molar-refractivity contribution in [1.82, 2.24) is 19.7 Å². The lowest BCUT2D eigenvalue weighted by Crippen LogP contribution is -1.97. The molecule has 0 bridgehead atoms. The lowest BCUT2D eigenvalue weighted by atomic mass is 10.1. The van der Waals surface area contributed by atoms with Gasteiger partial charge in [-0.05, 0) is 17.9 Å². The van der Waals surface area contributed by atoms with Gasteiger partial charge in [-0.3, -0.25) is 4.98 Å². The molecule has 0 fully saturated rings. The fraction of sp³-hybridized carbons (Fsp3) is 0.267. The van der Waals surface area contributed by atoms with Crippen LogP contribution in [0.15, 0.2) is 41.7 Å². The normalized spacial score (nSPS) is 11.1. The molecule has 0 aliphatic rings. The van der Waals surface area contributed by atoms with Crippen molar-refractivity contribution < 1.29 is 0 Å². The number of fused-ring (bicyclic) bond motifs is 1. The van der Waals surface area contributed by atoms with Crippen molar-refractivity contribution in [2.24, 2.45) is 7.05 Å². The Kier molecular flexibility index (Phi) is 4.41. The first-order chi connectivity index (χ1) is 10.3. The van der Waals surface area contributed by atoms with Gasteiger partial charge in [-0.25, -0.2) is 0 Å². The Morgan fingerprint density at radius 1 is 1.19 bits per heavy atom. The van der Waals surface area contributed by atoms with Crippen molar-refractivity contribution in [2.45, 2.75) is 11.6 Å². The largest absolute Gasteiger partial charge is 0.304 e. The number of hydrogen-bond acceptors (Lipinski definition) is 4. The van der Waals surface area contributed by atoms with Gasteiger partial charge in [0.15, 0.2) is 11.0 Å². The minimum Gasteiger partial charge on any atom is -0.304 e. The second-order valence-electron chi connectivity index (χ2n) is 4.67. The fourth-order valence-corrected chi connectivity index (χ4v) is 3.23. The number of aromatic nitrogens is 4. The molecule has 0 radical (unpaired) electrons. The van der Waals surface area contributed by atoms with Crippen LogP contribution in [0.3, 0.4) is 0 Å². The maximum Gasteiger partial charge on any atom is 0.191 e. The van der Waals surface area contributed by atoms with Gasteiger partial charge < -0.3 is 4.57 Å². The number of nitrogens with zero attached hydrogens (tertiary/aromatic N) is 4. The maximum absolute atomic E-state index is 5.70. The van der Waals surface area contributed by atoms with E-state index in [4.69, 9.17) is 11.6 Å². The van der Waals surface area contributed by atoms with Crippen molar-refractivity contribution >= 4 is 34.1 Å². The standard InChI is InChI=1S/C15H15ClN4S/c1-20-14(18-19-15(20)21-8-4-7-16)13-9-11-5-2-3-6-12(11)10-17-13/h2-3,5-6,9-10H,4,7-8H2,1H3. The Bertz CT molecular complexity index is 756. The Morgan fingerprint density at radius 2 is 2.00 bits per heavy atom. The van der Waals surface area contributed by atoms with E-state index in [1.165, 1.54) is 0 Å². The molecule has 2 aromatic heterocycles. The van der Waals surface area contributed by atoms with E-state index in [-0.39, 0.29) is 0 Å². The van der Waals surface area contributed by atoms with Crippen molar-refractivity contribution in [3.05, 3.63) is 36.5 Å². The molecule has 0 atom stereocenters. The van der Waals surface area contributed by atoms with Crippen molar-refractivity contribution in [3.8, 4) is 11.5 Å². The molecule has 0 amide bonds. The highest BCUT2D eigenvalue weighted by atomic mass is 35.5. The second kappa shape index (κ2) is 6.45. The van der Waals surface area contributed by atoms with Crippen LogP contribution in [0.25, 0.3) is 22.3 Å². The Labute approximate surface area is 132 Å². The van der Waals surface area contributed by atoms with E-state index in [0.717, 1.165) is 39.6 Å². The summed E-state index contributed by atoms with van der Waals surface area (Å²) in [5.41, 5.74) is 0.841. The van der Waals surface area contributed by atoms with Gasteiger partial charge in [0.05, 0.1) is 0 Å². The van der Waals surface area contributed by atoms with Gasteiger partial charge in [-0.1, -0.05) is 36.0 Å². The van der Waals surface area contributed by atoms with Crippen LogP contribution < -0.4 is 0 Å². The third-order valence-electron chi connectivity index (χ3n) is 3.20. The number of alkyl halides is 1. The van der Waals surface area contributed by atoms with Crippen LogP contribution in [0, 0.1) is 0 Å². The first-order valence-corrected chi connectivity index (χ1v) is 8.25. The molecule has 108 valence electrons. The van der Waals surface area contributed by atoms with Gasteiger partial charge in [0.2, 0.25) is 0 Å². The maximum atomic E-state index is 5.70. The molecule has 0 unspecified atom stereocenters. The van der Waals surface area contributed by atoms with Crippen LogP contribution in [0.5, 0.6) is 0 Å². The molecule has 3 aromatic rings. The second-order valence-corrected chi connectivity index (χ2v) is 6.11. The molecule has 3 rings (SSSR count). The highest BCUT2D eigenvalue weighted by Gasteiger charge is 2.12. The molecule has 0 saturated heterocycles. The van der Waals surface area contributed by atoms with E-state index in [1.807, 2.05) is 36.0 Å². The number of halogens is 1. The molecule has 4 nitrogen and oxygen atoms in total. The van der Waals surface area contributed by atoms with E-state index in [2.05, 4.69) is 27.3 Å². The molecule has 0 aliphatic heterocycles. The van der Waals surface area contributed by atoms with E-state index in [1.54, 1.807) is 11.8 Å². The summed E-state index contributed by atoms with van der Waals surface area (Å²) < 4.78 is 1.98. The van der Waals surface area contributed by atoms with E-state index >= 15 is 0 Å².